The zero-order chi connectivity index (χ0) is 12.3. The van der Waals surface area contributed by atoms with E-state index in [0.717, 1.165) is 5.69 Å². The quantitative estimate of drug-likeness (QED) is 0.743. The molecule has 2 aromatic rings. The number of hydrogen-bond donors (Lipinski definition) is 0. The number of pyridine rings is 1. The highest BCUT2D eigenvalue weighted by Gasteiger charge is 2.18. The van der Waals surface area contributed by atoms with Crippen LogP contribution in [0, 0.1) is 0 Å². The molecule has 0 fully saturated rings. The van der Waals surface area contributed by atoms with Gasteiger partial charge < -0.3 is 4.74 Å². The number of methoxy groups -OCH3 is 1. The van der Waals surface area contributed by atoms with Crippen LogP contribution in [0.5, 0.6) is 5.75 Å². The third-order valence-corrected chi connectivity index (χ3v) is 2.46. The maximum Gasteiger partial charge on any atom is 0.190 e. The highest BCUT2D eigenvalue weighted by atomic mass is 16.5. The van der Waals surface area contributed by atoms with E-state index in [1.54, 1.807) is 13.2 Å². The first-order valence-electron chi connectivity index (χ1n) is 5.21. The second kappa shape index (κ2) is 4.78. The third-order valence-electron chi connectivity index (χ3n) is 2.46. The van der Waals surface area contributed by atoms with Crippen LogP contribution in [0.25, 0.3) is 0 Å². The Bertz CT molecular complexity index is 520. The summed E-state index contributed by atoms with van der Waals surface area (Å²) in [5, 5.41) is 4.00. The van der Waals surface area contributed by atoms with E-state index in [1.807, 2.05) is 18.2 Å². The van der Waals surface area contributed by atoms with Gasteiger partial charge in [0.1, 0.15) is 5.69 Å². The monoisotopic (exact) mass is 231 g/mol. The molecule has 5 heteroatoms. The Hall–Kier alpha value is -2.17. The lowest BCUT2D eigenvalue weighted by atomic mass is 10.1. The fourth-order valence-corrected chi connectivity index (χ4v) is 1.64. The summed E-state index contributed by atoms with van der Waals surface area (Å²) < 4.78 is 6.62. The molecule has 0 saturated heterocycles. The minimum Gasteiger partial charge on any atom is -0.493 e. The molecule has 0 atom stereocenters. The molecule has 0 bridgehead atoms. The Morgan fingerprint density at radius 2 is 2.29 bits per heavy atom. The van der Waals surface area contributed by atoms with Crippen molar-refractivity contribution in [3.63, 3.8) is 0 Å². The summed E-state index contributed by atoms with van der Waals surface area (Å²) in [7, 11) is 3.24. The average molecular weight is 231 g/mol. The molecule has 0 radical (unpaired) electrons. The predicted molar refractivity (Wildman–Crippen MR) is 62.0 cm³/mol. The van der Waals surface area contributed by atoms with E-state index in [1.165, 1.54) is 18.0 Å². The highest BCUT2D eigenvalue weighted by molar-refractivity contribution is 5.98. The SMILES string of the molecule is COc1cnn(C)c1C(=O)Cc1ccccn1. The summed E-state index contributed by atoms with van der Waals surface area (Å²) in [6.07, 6.45) is 3.45. The van der Waals surface area contributed by atoms with Crippen LogP contribution in [0.15, 0.2) is 30.6 Å². The lowest BCUT2D eigenvalue weighted by Crippen LogP contribution is -2.11. The van der Waals surface area contributed by atoms with Gasteiger partial charge >= 0.3 is 0 Å². The van der Waals surface area contributed by atoms with E-state index in [4.69, 9.17) is 4.74 Å². The van der Waals surface area contributed by atoms with E-state index in [9.17, 15) is 4.79 Å². The molecular formula is C12H13N3O2. The summed E-state index contributed by atoms with van der Waals surface area (Å²) in [5.74, 6) is 0.439. The summed E-state index contributed by atoms with van der Waals surface area (Å²) in [4.78, 5) is 16.2. The molecule has 2 rings (SSSR count). The molecule has 88 valence electrons. The fraction of sp³-hybridized carbons (Fsp3) is 0.250. The number of aromatic nitrogens is 3. The van der Waals surface area contributed by atoms with E-state index in [-0.39, 0.29) is 12.2 Å². The van der Waals surface area contributed by atoms with Crippen molar-refractivity contribution in [3.05, 3.63) is 42.0 Å². The summed E-state index contributed by atoms with van der Waals surface area (Å²) >= 11 is 0. The van der Waals surface area contributed by atoms with E-state index in [2.05, 4.69) is 10.1 Å². The number of ether oxygens (including phenoxy) is 1. The second-order valence-corrected chi connectivity index (χ2v) is 3.61. The van der Waals surface area contributed by atoms with Crippen LogP contribution in [0.3, 0.4) is 0 Å². The summed E-state index contributed by atoms with van der Waals surface area (Å²) in [5.41, 5.74) is 1.21. The first kappa shape index (κ1) is 11.3. The Morgan fingerprint density at radius 3 is 2.94 bits per heavy atom. The van der Waals surface area contributed by atoms with Gasteiger partial charge in [-0.15, -0.1) is 0 Å². The van der Waals surface area contributed by atoms with Crippen molar-refractivity contribution in [2.75, 3.05) is 7.11 Å². The van der Waals surface area contributed by atoms with Crippen molar-refractivity contribution in [1.29, 1.82) is 0 Å². The zero-order valence-corrected chi connectivity index (χ0v) is 9.75. The molecule has 0 spiro atoms. The molecule has 0 aliphatic carbocycles. The maximum absolute atomic E-state index is 12.1. The number of rotatable bonds is 4. The molecule has 0 aliphatic rings. The van der Waals surface area contributed by atoms with Crippen LogP contribution >= 0.6 is 0 Å². The van der Waals surface area contributed by atoms with E-state index >= 15 is 0 Å². The minimum absolute atomic E-state index is 0.0550. The molecule has 17 heavy (non-hydrogen) atoms. The lowest BCUT2D eigenvalue weighted by molar-refractivity contribution is 0.0980. The smallest absolute Gasteiger partial charge is 0.190 e. The predicted octanol–water partition coefficient (Wildman–Crippen LogP) is 1.25. The van der Waals surface area contributed by atoms with Crippen molar-refractivity contribution >= 4 is 5.78 Å². The number of Topliss-reactive ketones (excluding diaryl/α,β-unsaturated/α-hetero) is 1. The second-order valence-electron chi connectivity index (χ2n) is 3.61. The molecule has 0 amide bonds. The van der Waals surface area contributed by atoms with Gasteiger partial charge in [-0.2, -0.15) is 5.10 Å². The molecule has 0 saturated carbocycles. The van der Waals surface area contributed by atoms with Crippen molar-refractivity contribution in [3.8, 4) is 5.75 Å². The fourth-order valence-electron chi connectivity index (χ4n) is 1.64. The molecule has 0 N–H and O–H groups in total. The molecular weight excluding hydrogens is 218 g/mol. The maximum atomic E-state index is 12.1. The largest absolute Gasteiger partial charge is 0.493 e. The van der Waals surface area contributed by atoms with Crippen LogP contribution < -0.4 is 4.74 Å². The Kier molecular flexibility index (Phi) is 3.18. The van der Waals surface area contributed by atoms with Crippen molar-refractivity contribution in [2.45, 2.75) is 6.42 Å². The van der Waals surface area contributed by atoms with E-state index < -0.39 is 0 Å². The van der Waals surface area contributed by atoms with Gasteiger partial charge in [-0.25, -0.2) is 0 Å². The van der Waals surface area contributed by atoms with Gasteiger partial charge in [0.2, 0.25) is 0 Å². The Labute approximate surface area is 99.1 Å². The van der Waals surface area contributed by atoms with Crippen LogP contribution in [0.2, 0.25) is 0 Å². The first-order chi connectivity index (χ1) is 8.22. The van der Waals surface area contributed by atoms with Gasteiger partial charge in [-0.3, -0.25) is 14.5 Å². The third kappa shape index (κ3) is 2.33. The number of carbonyl (C=O) groups excluding carboxylic acids is 1. The lowest BCUT2D eigenvalue weighted by Gasteiger charge is -2.04. The first-order valence-corrected chi connectivity index (χ1v) is 5.21. The van der Waals surface area contributed by atoms with Crippen LogP contribution in [-0.2, 0) is 13.5 Å². The topological polar surface area (TPSA) is 57.0 Å². The molecule has 2 heterocycles. The summed E-state index contributed by atoms with van der Waals surface area (Å²) in [6, 6.07) is 5.50. The van der Waals surface area contributed by atoms with Gasteiger partial charge in [-0.05, 0) is 12.1 Å². The number of hydrogen-bond acceptors (Lipinski definition) is 4. The van der Waals surface area contributed by atoms with Crippen molar-refractivity contribution in [1.82, 2.24) is 14.8 Å². The van der Waals surface area contributed by atoms with Crippen LogP contribution in [0.4, 0.5) is 0 Å². The van der Waals surface area contributed by atoms with Crippen molar-refractivity contribution in [2.24, 2.45) is 7.05 Å². The van der Waals surface area contributed by atoms with Gasteiger partial charge in [0.05, 0.1) is 19.7 Å². The van der Waals surface area contributed by atoms with Gasteiger partial charge in [0.15, 0.2) is 11.5 Å². The van der Waals surface area contributed by atoms with Crippen molar-refractivity contribution < 1.29 is 9.53 Å². The van der Waals surface area contributed by atoms with Crippen LogP contribution in [-0.4, -0.2) is 27.7 Å². The van der Waals surface area contributed by atoms with Crippen LogP contribution in [0.1, 0.15) is 16.2 Å². The van der Waals surface area contributed by atoms with Gasteiger partial charge in [-0.1, -0.05) is 6.07 Å². The number of aryl methyl sites for hydroxylation is 1. The Balaban J connectivity index is 2.23. The normalized spacial score (nSPS) is 10.2. The average Bonchev–Trinajstić information content (AvgIpc) is 2.71. The van der Waals surface area contributed by atoms with E-state index in [0.29, 0.717) is 11.4 Å². The highest BCUT2D eigenvalue weighted by Crippen LogP contribution is 2.18. The Morgan fingerprint density at radius 1 is 1.47 bits per heavy atom. The van der Waals surface area contributed by atoms with Gasteiger partial charge in [0, 0.05) is 18.9 Å². The number of ketones is 1. The summed E-state index contributed by atoms with van der Waals surface area (Å²) in [6.45, 7) is 0. The molecule has 5 nitrogen and oxygen atoms in total. The number of nitrogens with zero attached hydrogens (tertiary/aromatic N) is 3. The van der Waals surface area contributed by atoms with Gasteiger partial charge in [0.25, 0.3) is 0 Å². The molecule has 2 aromatic heterocycles. The minimum atomic E-state index is -0.0550. The zero-order valence-electron chi connectivity index (χ0n) is 9.75. The molecule has 0 aliphatic heterocycles. The molecule has 0 unspecified atom stereocenters. The number of carbonyl (C=O) groups is 1. The standard InChI is InChI=1S/C12H13N3O2/c1-15-12(11(17-2)8-14-15)10(16)7-9-5-3-4-6-13-9/h3-6,8H,7H2,1-2H3. The molecule has 0 aromatic carbocycles.